The Morgan fingerprint density at radius 2 is 0.521 bits per heavy atom. The van der Waals surface area contributed by atoms with Crippen LogP contribution in [-0.4, -0.2) is 218 Å². The topological polar surface area (TPSA) is 93.3 Å². The summed E-state index contributed by atoms with van der Waals surface area (Å²) in [6.45, 7) is 52.6. The number of rotatable bonds is 48. The summed E-state index contributed by atoms with van der Waals surface area (Å²) in [5.74, 6) is 1.71. The van der Waals surface area contributed by atoms with Gasteiger partial charge >= 0.3 is 17.6 Å². The van der Waals surface area contributed by atoms with E-state index in [1.807, 2.05) is 0 Å². The van der Waals surface area contributed by atoms with Gasteiger partial charge in [0.25, 0.3) is 0 Å². The molecule has 0 aliphatic heterocycles. The van der Waals surface area contributed by atoms with Crippen molar-refractivity contribution >= 4 is 17.6 Å². The normalized spacial score (nSPS) is 12.8. The molecule has 14 nitrogen and oxygen atoms in total. The summed E-state index contributed by atoms with van der Waals surface area (Å²) in [4.78, 5) is 14.3. The van der Waals surface area contributed by atoms with Crippen molar-refractivity contribution in [3.05, 3.63) is 59.7 Å². The van der Waals surface area contributed by atoms with Crippen LogP contribution in [0.1, 0.15) is 121 Å². The number of hydrogen-bond donors (Lipinski definition) is 0. The van der Waals surface area contributed by atoms with Crippen molar-refractivity contribution in [2.75, 3.05) is 171 Å². The minimum atomic E-state index is -3.02. The van der Waals surface area contributed by atoms with Crippen LogP contribution in [0.4, 0.5) is 0 Å². The first-order chi connectivity index (χ1) is 35.3. The third kappa shape index (κ3) is 25.8. The first-order valence-electron chi connectivity index (χ1n) is 29.0. The lowest BCUT2D eigenvalue weighted by molar-refractivity contribution is 0.0388. The highest BCUT2D eigenvalue weighted by atomic mass is 28.4. The summed E-state index contributed by atoms with van der Waals surface area (Å²) in [7, 11) is -6.04. The van der Waals surface area contributed by atoms with Gasteiger partial charge in [0.15, 0.2) is 0 Å². The van der Waals surface area contributed by atoms with Gasteiger partial charge in [0.1, 0.15) is 11.5 Å². The summed E-state index contributed by atoms with van der Waals surface area (Å²) in [5.41, 5.74) is 2.21. The molecule has 2 aromatic carbocycles. The van der Waals surface area contributed by atoms with E-state index in [9.17, 15) is 0 Å². The van der Waals surface area contributed by atoms with Crippen LogP contribution in [0.5, 0.6) is 11.5 Å². The second-order valence-corrected chi connectivity index (χ2v) is 24.7. The van der Waals surface area contributed by atoms with Gasteiger partial charge in [-0.25, -0.2) is 0 Å². The van der Waals surface area contributed by atoms with Gasteiger partial charge in [-0.1, -0.05) is 121 Å². The van der Waals surface area contributed by atoms with Crippen molar-refractivity contribution in [2.24, 2.45) is 0 Å². The average Bonchev–Trinajstić information content (AvgIpc) is 3.42. The molecular weight excluding hydrogens is 953 g/mol. The van der Waals surface area contributed by atoms with Gasteiger partial charge in [0.05, 0.1) is 52.9 Å². The van der Waals surface area contributed by atoms with E-state index >= 15 is 0 Å². The second-order valence-electron chi connectivity index (χ2n) is 19.2. The zero-order chi connectivity index (χ0) is 53.8. The molecule has 0 unspecified atom stereocenters. The molecule has 2 rings (SSSR count). The zero-order valence-corrected chi connectivity index (χ0v) is 51.3. The van der Waals surface area contributed by atoms with Gasteiger partial charge in [-0.2, -0.15) is 0 Å². The summed E-state index contributed by atoms with van der Waals surface area (Å²) in [5, 5.41) is 0. The minimum absolute atomic E-state index is 0.228. The molecule has 0 saturated carbocycles. The Balaban J connectivity index is 2.13. The van der Waals surface area contributed by atoms with Crippen LogP contribution in [0.15, 0.2) is 48.5 Å². The Morgan fingerprint density at radius 1 is 0.315 bits per heavy atom. The third-order valence-corrected chi connectivity index (χ3v) is 20.5. The second kappa shape index (κ2) is 39.4. The van der Waals surface area contributed by atoms with E-state index in [0.717, 1.165) is 142 Å². The highest BCUT2D eigenvalue weighted by molar-refractivity contribution is 6.61. The molecule has 0 radical (unpaired) electrons. The summed E-state index contributed by atoms with van der Waals surface area (Å²) in [6.07, 6.45) is 1.55. The maximum Gasteiger partial charge on any atom is 0.501 e. The van der Waals surface area contributed by atoms with Crippen molar-refractivity contribution in [2.45, 2.75) is 127 Å². The summed E-state index contributed by atoms with van der Waals surface area (Å²) >= 11 is 0. The fraction of sp³-hybridized carbons (Fsp3) is 0.789. The third-order valence-electron chi connectivity index (χ3n) is 14.7. The summed E-state index contributed by atoms with van der Waals surface area (Å²) < 4.78 is 53.4. The van der Waals surface area contributed by atoms with Crippen LogP contribution < -0.4 is 9.47 Å². The lowest BCUT2D eigenvalue weighted by Gasteiger charge is -2.32. The summed E-state index contributed by atoms with van der Waals surface area (Å²) in [6, 6.07) is 18.6. The molecule has 0 bridgehead atoms. The van der Waals surface area contributed by atoms with Crippen LogP contribution >= 0.6 is 0 Å². The molecule has 73 heavy (non-hydrogen) atoms. The minimum Gasteiger partial charge on any atom is -0.494 e. The predicted octanol–water partition coefficient (Wildman–Crippen LogP) is 9.58. The molecule has 0 aromatic heterocycles. The molecule has 0 heterocycles. The Labute approximate surface area is 450 Å². The maximum absolute atomic E-state index is 6.76. The van der Waals surface area contributed by atoms with Crippen molar-refractivity contribution in [1.82, 2.24) is 29.4 Å². The van der Waals surface area contributed by atoms with E-state index in [4.69, 9.17) is 36.0 Å². The van der Waals surface area contributed by atoms with E-state index in [1.165, 1.54) is 11.1 Å². The number of hydrogen-bond acceptors (Lipinski definition) is 14. The molecular formula is C57H110N6O8Si2. The van der Waals surface area contributed by atoms with Gasteiger partial charge in [-0.15, -0.1) is 0 Å². The van der Waals surface area contributed by atoms with Crippen LogP contribution in [-0.2, 0) is 32.0 Å². The van der Waals surface area contributed by atoms with E-state index in [1.54, 1.807) is 0 Å². The van der Waals surface area contributed by atoms with E-state index in [2.05, 4.69) is 175 Å². The molecule has 16 heteroatoms. The van der Waals surface area contributed by atoms with Crippen LogP contribution in [0.3, 0.4) is 0 Å². The number of likely N-dealkylation sites (N-methyl/N-ethyl adjacent to an activating group) is 6. The Morgan fingerprint density at radius 3 is 0.712 bits per heavy atom. The molecule has 0 fully saturated rings. The predicted molar refractivity (Wildman–Crippen MR) is 309 cm³/mol. The van der Waals surface area contributed by atoms with Gasteiger partial charge in [0.2, 0.25) is 0 Å². The smallest absolute Gasteiger partial charge is 0.494 e. The lowest BCUT2D eigenvalue weighted by atomic mass is 9.78. The quantitative estimate of drug-likeness (QED) is 0.0466. The number of nitrogens with zero attached hydrogens (tertiary/aromatic N) is 6. The first kappa shape index (κ1) is 67.1. The molecule has 0 saturated heterocycles. The van der Waals surface area contributed by atoms with Crippen molar-refractivity contribution < 1.29 is 36.0 Å². The van der Waals surface area contributed by atoms with Gasteiger partial charge in [-0.05, 0) is 127 Å². The fourth-order valence-electron chi connectivity index (χ4n) is 8.96. The van der Waals surface area contributed by atoms with Gasteiger partial charge in [-0.3, -0.25) is 0 Å². The zero-order valence-electron chi connectivity index (χ0n) is 49.3. The van der Waals surface area contributed by atoms with Gasteiger partial charge < -0.3 is 65.4 Å². The van der Waals surface area contributed by atoms with Crippen molar-refractivity contribution in [3.8, 4) is 11.5 Å². The Kier molecular flexibility index (Phi) is 36.2. The Hall–Kier alpha value is -2.01. The van der Waals surface area contributed by atoms with Crippen LogP contribution in [0.25, 0.3) is 0 Å². The highest BCUT2D eigenvalue weighted by Crippen LogP contribution is 2.34. The molecule has 0 amide bonds. The van der Waals surface area contributed by atoms with Crippen LogP contribution in [0, 0.1) is 0 Å². The standard InChI is InChI=1S/C57H110N6O8Si2/c1-15-58(16-2)37-45-66-72(67-46-38-59(17-3)18-4,68-47-39-60(19-5)20-6)51-27-43-64-55-33-29-53(30-34-55)57(13,14)54-31-35-56(36-32-54)65-44-28-52-73(69-48-40-61(21-7)22-8,70-49-41-62(23-9)24-10)71-50-42-63(25-11)26-12/h29-36H,15-28,37-52H2,1-14H3. The Bertz CT molecular complexity index is 1390. The van der Waals surface area contributed by atoms with Gasteiger partial charge in [0, 0.05) is 56.8 Å². The molecule has 0 aliphatic carbocycles. The molecule has 0 atom stereocenters. The fourth-order valence-corrected chi connectivity index (χ4v) is 13.9. The van der Waals surface area contributed by atoms with Crippen molar-refractivity contribution in [1.29, 1.82) is 0 Å². The van der Waals surface area contributed by atoms with Crippen molar-refractivity contribution in [3.63, 3.8) is 0 Å². The first-order valence-corrected chi connectivity index (χ1v) is 32.8. The number of ether oxygens (including phenoxy) is 2. The molecule has 0 aliphatic rings. The van der Waals surface area contributed by atoms with E-state index in [-0.39, 0.29) is 5.41 Å². The highest BCUT2D eigenvalue weighted by Gasteiger charge is 2.42. The SMILES string of the molecule is CCN(CC)CCO[Si](CCCOc1ccc(C(C)(C)c2ccc(OCCC[Si](OCCN(CC)CC)(OCCN(CC)CC)OCCN(CC)CC)cc2)cc1)(OCCN(CC)CC)OCCN(CC)CC. The number of benzene rings is 2. The molecule has 0 N–H and O–H groups in total. The molecule has 0 spiro atoms. The lowest BCUT2D eigenvalue weighted by Crippen LogP contribution is -2.50. The molecule has 424 valence electrons. The van der Waals surface area contributed by atoms with Crippen LogP contribution in [0.2, 0.25) is 12.1 Å². The van der Waals surface area contributed by atoms with E-state index < -0.39 is 17.6 Å². The van der Waals surface area contributed by atoms with E-state index in [0.29, 0.717) is 64.9 Å². The average molecular weight is 1060 g/mol. The maximum atomic E-state index is 6.76. The largest absolute Gasteiger partial charge is 0.501 e. The molecule has 2 aromatic rings. The monoisotopic (exact) mass is 1060 g/mol.